The number of amides is 1. The minimum absolute atomic E-state index is 0.00621. The van der Waals surface area contributed by atoms with E-state index in [1.807, 2.05) is 24.3 Å². The number of carbonyl (C=O) groups is 1. The highest BCUT2D eigenvalue weighted by Crippen LogP contribution is 2.08. The van der Waals surface area contributed by atoms with Gasteiger partial charge in [-0.25, -0.2) is 5.43 Å². The molecule has 1 rings (SSSR count). The van der Waals surface area contributed by atoms with Crippen LogP contribution in [0, 0.1) is 3.57 Å². The minimum atomic E-state index is -0.00621. The van der Waals surface area contributed by atoms with Crippen LogP contribution in [0.2, 0.25) is 0 Å². The third-order valence-electron chi connectivity index (χ3n) is 2.56. The Morgan fingerprint density at radius 1 is 1.33 bits per heavy atom. The largest absolute Gasteiger partial charge is 0.273 e. The fourth-order valence-electron chi connectivity index (χ4n) is 1.52. The van der Waals surface area contributed by atoms with Crippen LogP contribution in [-0.2, 0) is 4.79 Å². The molecule has 0 unspecified atom stereocenters. The maximum absolute atomic E-state index is 11.5. The van der Waals surface area contributed by atoms with Crippen molar-refractivity contribution < 1.29 is 4.79 Å². The van der Waals surface area contributed by atoms with Gasteiger partial charge in [-0.15, -0.1) is 0 Å². The lowest BCUT2D eigenvalue weighted by atomic mass is 10.1. The van der Waals surface area contributed by atoms with E-state index in [0.717, 1.165) is 22.0 Å². The summed E-state index contributed by atoms with van der Waals surface area (Å²) in [5.74, 6) is -0.00621. The fraction of sp³-hybridized carbons (Fsp3) is 0.429. The molecular formula is C14H19IN2O. The number of nitrogens with zero attached hydrogens (tertiary/aromatic N) is 1. The molecule has 3 nitrogen and oxygen atoms in total. The number of nitrogens with one attached hydrogen (secondary N) is 1. The molecule has 1 aromatic carbocycles. The van der Waals surface area contributed by atoms with E-state index >= 15 is 0 Å². The lowest BCUT2D eigenvalue weighted by Gasteiger charge is -2.00. The second-order valence-corrected chi connectivity index (χ2v) is 5.29. The molecule has 0 saturated carbocycles. The van der Waals surface area contributed by atoms with E-state index in [9.17, 15) is 4.79 Å². The molecule has 0 saturated heterocycles. The zero-order valence-corrected chi connectivity index (χ0v) is 12.8. The predicted molar refractivity (Wildman–Crippen MR) is 83.7 cm³/mol. The smallest absolute Gasteiger partial charge is 0.240 e. The molecule has 0 aliphatic heterocycles. The highest BCUT2D eigenvalue weighted by atomic mass is 127. The minimum Gasteiger partial charge on any atom is -0.273 e. The SMILES string of the molecule is CCCCCCC(=O)NN=Cc1ccccc1I. The molecule has 0 aliphatic rings. The second kappa shape index (κ2) is 9.08. The van der Waals surface area contributed by atoms with Crippen molar-refractivity contribution in [3.8, 4) is 0 Å². The average molecular weight is 358 g/mol. The maximum Gasteiger partial charge on any atom is 0.240 e. The van der Waals surface area contributed by atoms with Crippen LogP contribution in [0.25, 0.3) is 0 Å². The summed E-state index contributed by atoms with van der Waals surface area (Å²) in [6.07, 6.45) is 6.68. The number of halogens is 1. The summed E-state index contributed by atoms with van der Waals surface area (Å²) >= 11 is 2.25. The van der Waals surface area contributed by atoms with E-state index < -0.39 is 0 Å². The van der Waals surface area contributed by atoms with Crippen molar-refractivity contribution in [1.82, 2.24) is 5.43 Å². The molecule has 1 aromatic rings. The Morgan fingerprint density at radius 2 is 2.11 bits per heavy atom. The Bertz CT molecular complexity index is 405. The molecule has 1 N–H and O–H groups in total. The van der Waals surface area contributed by atoms with Crippen molar-refractivity contribution in [3.63, 3.8) is 0 Å². The zero-order valence-electron chi connectivity index (χ0n) is 10.7. The van der Waals surface area contributed by atoms with E-state index in [2.05, 4.69) is 40.0 Å². The number of unbranched alkanes of at least 4 members (excludes halogenated alkanes) is 3. The lowest BCUT2D eigenvalue weighted by molar-refractivity contribution is -0.121. The Balaban J connectivity index is 2.28. The Morgan fingerprint density at radius 3 is 2.83 bits per heavy atom. The van der Waals surface area contributed by atoms with Gasteiger partial charge in [-0.2, -0.15) is 5.10 Å². The summed E-state index contributed by atoms with van der Waals surface area (Å²) in [7, 11) is 0. The first kappa shape index (κ1) is 15.1. The summed E-state index contributed by atoms with van der Waals surface area (Å²) in [5.41, 5.74) is 3.58. The van der Waals surface area contributed by atoms with Crippen LogP contribution in [0.4, 0.5) is 0 Å². The molecule has 0 fully saturated rings. The van der Waals surface area contributed by atoms with Gasteiger partial charge in [-0.3, -0.25) is 4.79 Å². The van der Waals surface area contributed by atoms with E-state index in [1.54, 1.807) is 6.21 Å². The molecule has 0 spiro atoms. The van der Waals surface area contributed by atoms with Crippen LogP contribution in [0.1, 0.15) is 44.6 Å². The third kappa shape index (κ3) is 6.14. The molecule has 0 heterocycles. The van der Waals surface area contributed by atoms with Gasteiger partial charge in [0.2, 0.25) is 5.91 Å². The van der Waals surface area contributed by atoms with Gasteiger partial charge in [0.15, 0.2) is 0 Å². The summed E-state index contributed by atoms with van der Waals surface area (Å²) in [6.45, 7) is 2.16. The van der Waals surface area contributed by atoms with Crippen LogP contribution in [0.5, 0.6) is 0 Å². The first-order chi connectivity index (χ1) is 8.74. The van der Waals surface area contributed by atoms with Crippen molar-refractivity contribution in [3.05, 3.63) is 33.4 Å². The molecule has 0 aliphatic carbocycles. The predicted octanol–water partition coefficient (Wildman–Crippen LogP) is 3.71. The molecule has 0 atom stereocenters. The van der Waals surface area contributed by atoms with Crippen molar-refractivity contribution in [2.75, 3.05) is 0 Å². The fourth-order valence-corrected chi connectivity index (χ4v) is 2.05. The number of hydrogen-bond acceptors (Lipinski definition) is 2. The molecule has 18 heavy (non-hydrogen) atoms. The topological polar surface area (TPSA) is 41.5 Å². The third-order valence-corrected chi connectivity index (χ3v) is 3.54. The number of carbonyl (C=O) groups excluding carboxylic acids is 1. The van der Waals surface area contributed by atoms with Gasteiger partial charge in [0.05, 0.1) is 6.21 Å². The summed E-state index contributed by atoms with van der Waals surface area (Å²) in [6, 6.07) is 7.91. The van der Waals surface area contributed by atoms with E-state index in [4.69, 9.17) is 0 Å². The zero-order chi connectivity index (χ0) is 13.2. The van der Waals surface area contributed by atoms with Crippen LogP contribution in [-0.4, -0.2) is 12.1 Å². The van der Waals surface area contributed by atoms with Gasteiger partial charge in [-0.1, -0.05) is 44.4 Å². The average Bonchev–Trinajstić information content (AvgIpc) is 2.37. The highest BCUT2D eigenvalue weighted by molar-refractivity contribution is 14.1. The van der Waals surface area contributed by atoms with Crippen LogP contribution < -0.4 is 5.43 Å². The van der Waals surface area contributed by atoms with E-state index in [1.165, 1.54) is 12.8 Å². The number of benzene rings is 1. The lowest BCUT2D eigenvalue weighted by Crippen LogP contribution is -2.16. The van der Waals surface area contributed by atoms with Crippen LogP contribution in [0.3, 0.4) is 0 Å². The highest BCUT2D eigenvalue weighted by Gasteiger charge is 1.99. The van der Waals surface area contributed by atoms with Gasteiger partial charge >= 0.3 is 0 Å². The van der Waals surface area contributed by atoms with Crippen molar-refractivity contribution in [2.24, 2.45) is 5.10 Å². The number of hydrogen-bond donors (Lipinski definition) is 1. The Hall–Kier alpha value is -0.910. The van der Waals surface area contributed by atoms with Gasteiger partial charge in [-0.05, 0) is 35.1 Å². The summed E-state index contributed by atoms with van der Waals surface area (Å²) < 4.78 is 1.12. The van der Waals surface area contributed by atoms with Gasteiger partial charge in [0.25, 0.3) is 0 Å². The monoisotopic (exact) mass is 358 g/mol. The standard InChI is InChI=1S/C14H19IN2O/c1-2-3-4-5-10-14(18)17-16-11-12-8-6-7-9-13(12)15/h6-9,11H,2-5,10H2,1H3,(H,17,18). The molecule has 0 aromatic heterocycles. The molecule has 0 radical (unpaired) electrons. The van der Waals surface area contributed by atoms with Gasteiger partial charge < -0.3 is 0 Å². The van der Waals surface area contributed by atoms with Crippen LogP contribution >= 0.6 is 22.6 Å². The summed E-state index contributed by atoms with van der Waals surface area (Å²) in [5, 5.41) is 3.97. The molecule has 0 bridgehead atoms. The van der Waals surface area contributed by atoms with Crippen LogP contribution in [0.15, 0.2) is 29.4 Å². The Kier molecular flexibility index (Phi) is 7.64. The van der Waals surface area contributed by atoms with Crippen molar-refractivity contribution >= 4 is 34.7 Å². The van der Waals surface area contributed by atoms with E-state index in [0.29, 0.717) is 6.42 Å². The van der Waals surface area contributed by atoms with Crippen molar-refractivity contribution in [1.29, 1.82) is 0 Å². The first-order valence-electron chi connectivity index (χ1n) is 6.30. The molecule has 98 valence electrons. The molecule has 4 heteroatoms. The van der Waals surface area contributed by atoms with Gasteiger partial charge in [0.1, 0.15) is 0 Å². The second-order valence-electron chi connectivity index (χ2n) is 4.13. The maximum atomic E-state index is 11.5. The van der Waals surface area contributed by atoms with E-state index in [-0.39, 0.29) is 5.91 Å². The molecular weight excluding hydrogens is 339 g/mol. The summed E-state index contributed by atoms with van der Waals surface area (Å²) in [4.78, 5) is 11.5. The quantitative estimate of drug-likeness (QED) is 0.343. The number of hydrazone groups is 1. The number of rotatable bonds is 7. The molecule has 1 amide bonds. The first-order valence-corrected chi connectivity index (χ1v) is 7.38. The van der Waals surface area contributed by atoms with Crippen molar-refractivity contribution in [2.45, 2.75) is 39.0 Å². The van der Waals surface area contributed by atoms with Gasteiger partial charge in [0, 0.05) is 15.6 Å². The Labute approximate surface area is 122 Å². The normalized spacial score (nSPS) is 10.8.